The van der Waals surface area contributed by atoms with Gasteiger partial charge >= 0.3 is 0 Å². The van der Waals surface area contributed by atoms with Crippen molar-refractivity contribution >= 4 is 26.9 Å². The predicted molar refractivity (Wildman–Crippen MR) is 74.5 cm³/mol. The summed E-state index contributed by atoms with van der Waals surface area (Å²) in [6, 6.07) is 6.02. The van der Waals surface area contributed by atoms with E-state index in [-0.39, 0.29) is 0 Å². The van der Waals surface area contributed by atoms with Crippen molar-refractivity contribution in [1.82, 2.24) is 15.0 Å². The van der Waals surface area contributed by atoms with Gasteiger partial charge in [0.15, 0.2) is 5.58 Å². The lowest BCUT2D eigenvalue weighted by atomic mass is 10.2. The van der Waals surface area contributed by atoms with Gasteiger partial charge < -0.3 is 9.42 Å². The molecule has 1 aromatic heterocycles. The van der Waals surface area contributed by atoms with E-state index in [4.69, 9.17) is 4.52 Å². The smallest absolute Gasteiger partial charge is 0.167 e. The second kappa shape index (κ2) is 4.99. The minimum Gasteiger partial charge on any atom is -0.356 e. The van der Waals surface area contributed by atoms with Crippen LogP contribution in [0.15, 0.2) is 27.2 Å². The minimum absolute atomic E-state index is 0.863. The normalized spacial score (nSPS) is 18.6. The maximum Gasteiger partial charge on any atom is 0.167 e. The molecule has 2 heterocycles. The zero-order valence-electron chi connectivity index (χ0n) is 10.4. The van der Waals surface area contributed by atoms with E-state index < -0.39 is 0 Å². The first-order valence-corrected chi connectivity index (χ1v) is 6.96. The van der Waals surface area contributed by atoms with Crippen LogP contribution in [0.25, 0.3) is 11.0 Å². The molecule has 0 spiro atoms. The SMILES string of the molecule is CN1CCN(Cc2noc3ccc(Br)cc23)CC1. The van der Waals surface area contributed by atoms with Gasteiger partial charge in [0, 0.05) is 42.6 Å². The first-order valence-electron chi connectivity index (χ1n) is 6.17. The van der Waals surface area contributed by atoms with E-state index in [1.54, 1.807) is 0 Å². The lowest BCUT2D eigenvalue weighted by Gasteiger charge is -2.31. The number of halogens is 1. The number of rotatable bonds is 2. The maximum atomic E-state index is 5.36. The summed E-state index contributed by atoms with van der Waals surface area (Å²) in [5.41, 5.74) is 1.90. The zero-order valence-corrected chi connectivity index (χ0v) is 12.0. The van der Waals surface area contributed by atoms with Crippen molar-refractivity contribution in [2.75, 3.05) is 33.2 Å². The van der Waals surface area contributed by atoms with Gasteiger partial charge in [0.1, 0.15) is 5.69 Å². The predicted octanol–water partition coefficient (Wildman–Crippen LogP) is 2.34. The van der Waals surface area contributed by atoms with Crippen LogP contribution in [0.4, 0.5) is 0 Å². The molecule has 0 atom stereocenters. The quantitative estimate of drug-likeness (QED) is 0.852. The molecule has 1 fully saturated rings. The average molecular weight is 310 g/mol. The highest BCUT2D eigenvalue weighted by Gasteiger charge is 2.17. The molecule has 0 amide bonds. The third kappa shape index (κ3) is 2.43. The molecule has 0 saturated carbocycles. The lowest BCUT2D eigenvalue weighted by molar-refractivity contribution is 0.146. The largest absolute Gasteiger partial charge is 0.356 e. The van der Waals surface area contributed by atoms with Gasteiger partial charge in [-0.05, 0) is 25.2 Å². The molecule has 1 saturated heterocycles. The molecule has 0 N–H and O–H groups in total. The highest BCUT2D eigenvalue weighted by molar-refractivity contribution is 9.10. The molecule has 5 heteroatoms. The van der Waals surface area contributed by atoms with Crippen LogP contribution in [0.3, 0.4) is 0 Å². The van der Waals surface area contributed by atoms with E-state index in [9.17, 15) is 0 Å². The molecule has 1 aliphatic heterocycles. The van der Waals surface area contributed by atoms with Gasteiger partial charge in [0.2, 0.25) is 0 Å². The van der Waals surface area contributed by atoms with Crippen molar-refractivity contribution in [2.45, 2.75) is 6.54 Å². The van der Waals surface area contributed by atoms with Gasteiger partial charge in [-0.3, -0.25) is 4.90 Å². The fraction of sp³-hybridized carbons (Fsp3) is 0.462. The van der Waals surface area contributed by atoms with E-state index in [2.05, 4.69) is 44.0 Å². The Bertz CT molecular complexity index is 546. The number of piperazine rings is 1. The zero-order chi connectivity index (χ0) is 12.5. The van der Waals surface area contributed by atoms with Crippen molar-refractivity contribution in [3.05, 3.63) is 28.4 Å². The van der Waals surface area contributed by atoms with Crippen LogP contribution in [0.5, 0.6) is 0 Å². The number of hydrogen-bond acceptors (Lipinski definition) is 4. The standard InChI is InChI=1S/C13H16BrN3O/c1-16-4-6-17(7-5-16)9-12-11-8-10(14)2-3-13(11)18-15-12/h2-3,8H,4-7,9H2,1H3. The van der Waals surface area contributed by atoms with Gasteiger partial charge in [-0.25, -0.2) is 0 Å². The summed E-state index contributed by atoms with van der Waals surface area (Å²) in [5.74, 6) is 0. The summed E-state index contributed by atoms with van der Waals surface area (Å²) in [6.07, 6.45) is 0. The molecule has 0 unspecified atom stereocenters. The Morgan fingerprint density at radius 1 is 1.28 bits per heavy atom. The van der Waals surface area contributed by atoms with Gasteiger partial charge in [0.25, 0.3) is 0 Å². The summed E-state index contributed by atoms with van der Waals surface area (Å²) < 4.78 is 6.43. The molecule has 4 nitrogen and oxygen atoms in total. The molecule has 2 aromatic rings. The summed E-state index contributed by atoms with van der Waals surface area (Å²) in [6.45, 7) is 5.31. The molecule has 18 heavy (non-hydrogen) atoms. The van der Waals surface area contributed by atoms with Crippen molar-refractivity contribution in [2.24, 2.45) is 0 Å². The average Bonchev–Trinajstić information content (AvgIpc) is 2.75. The number of benzene rings is 1. The molecule has 96 valence electrons. The highest BCUT2D eigenvalue weighted by Crippen LogP contribution is 2.24. The molecule has 0 radical (unpaired) electrons. The molecule has 0 aliphatic carbocycles. The van der Waals surface area contributed by atoms with Crippen LogP contribution in [0, 0.1) is 0 Å². The Hall–Kier alpha value is -0.910. The van der Waals surface area contributed by atoms with Crippen LogP contribution in [-0.4, -0.2) is 48.2 Å². The third-order valence-electron chi connectivity index (χ3n) is 3.48. The van der Waals surface area contributed by atoms with E-state index >= 15 is 0 Å². The molecular weight excluding hydrogens is 294 g/mol. The van der Waals surface area contributed by atoms with E-state index in [1.165, 1.54) is 0 Å². The minimum atomic E-state index is 0.863. The first-order chi connectivity index (χ1) is 8.72. The number of fused-ring (bicyclic) bond motifs is 1. The first kappa shape index (κ1) is 12.1. The summed E-state index contributed by atoms with van der Waals surface area (Å²) in [4.78, 5) is 4.78. The summed E-state index contributed by atoms with van der Waals surface area (Å²) >= 11 is 3.49. The molecule has 0 bridgehead atoms. The van der Waals surface area contributed by atoms with E-state index in [1.807, 2.05) is 12.1 Å². The van der Waals surface area contributed by atoms with Crippen molar-refractivity contribution < 1.29 is 4.52 Å². The fourth-order valence-corrected chi connectivity index (χ4v) is 2.65. The second-order valence-corrected chi connectivity index (χ2v) is 5.76. The van der Waals surface area contributed by atoms with Crippen molar-refractivity contribution in [1.29, 1.82) is 0 Å². The Morgan fingerprint density at radius 2 is 2.06 bits per heavy atom. The van der Waals surface area contributed by atoms with Crippen LogP contribution < -0.4 is 0 Å². The molecular formula is C13H16BrN3O. The number of likely N-dealkylation sites (N-methyl/N-ethyl adjacent to an activating group) is 1. The fourth-order valence-electron chi connectivity index (χ4n) is 2.29. The maximum absolute atomic E-state index is 5.36. The Kier molecular flexibility index (Phi) is 3.37. The molecule has 1 aliphatic rings. The number of aromatic nitrogens is 1. The van der Waals surface area contributed by atoms with Gasteiger partial charge in [-0.1, -0.05) is 21.1 Å². The topological polar surface area (TPSA) is 32.5 Å². The Labute approximate surface area is 115 Å². The number of hydrogen-bond donors (Lipinski definition) is 0. The molecule has 3 rings (SSSR count). The van der Waals surface area contributed by atoms with Gasteiger partial charge in [0.05, 0.1) is 0 Å². The second-order valence-electron chi connectivity index (χ2n) is 4.85. The van der Waals surface area contributed by atoms with Crippen LogP contribution in [-0.2, 0) is 6.54 Å². The van der Waals surface area contributed by atoms with Crippen molar-refractivity contribution in [3.8, 4) is 0 Å². The van der Waals surface area contributed by atoms with E-state index in [0.29, 0.717) is 0 Å². The van der Waals surface area contributed by atoms with Crippen LogP contribution in [0.2, 0.25) is 0 Å². The Balaban J connectivity index is 1.80. The number of nitrogens with zero attached hydrogens (tertiary/aromatic N) is 3. The summed E-state index contributed by atoms with van der Waals surface area (Å²) in [5, 5.41) is 5.31. The van der Waals surface area contributed by atoms with Crippen LogP contribution in [0.1, 0.15) is 5.69 Å². The van der Waals surface area contributed by atoms with Crippen molar-refractivity contribution in [3.63, 3.8) is 0 Å². The third-order valence-corrected chi connectivity index (χ3v) is 3.97. The summed E-state index contributed by atoms with van der Waals surface area (Å²) in [7, 11) is 2.17. The van der Waals surface area contributed by atoms with Crippen LogP contribution >= 0.6 is 15.9 Å². The van der Waals surface area contributed by atoms with E-state index in [0.717, 1.165) is 53.9 Å². The lowest BCUT2D eigenvalue weighted by Crippen LogP contribution is -2.43. The van der Waals surface area contributed by atoms with Gasteiger partial charge in [-0.15, -0.1) is 0 Å². The Morgan fingerprint density at radius 3 is 2.83 bits per heavy atom. The monoisotopic (exact) mass is 309 g/mol. The highest BCUT2D eigenvalue weighted by atomic mass is 79.9. The van der Waals surface area contributed by atoms with Gasteiger partial charge in [-0.2, -0.15) is 0 Å². The molecule has 1 aromatic carbocycles.